The average Bonchev–Trinajstić information content (AvgIpc) is 2.32. The second-order valence-corrected chi connectivity index (χ2v) is 5.78. The van der Waals surface area contributed by atoms with E-state index in [1.54, 1.807) is 0 Å². The zero-order chi connectivity index (χ0) is 14.7. The number of nitrogens with one attached hydrogen (secondary N) is 1. The van der Waals surface area contributed by atoms with E-state index in [1.807, 2.05) is 6.07 Å². The minimum atomic E-state index is -4.90. The predicted octanol–water partition coefficient (Wildman–Crippen LogP) is -4.99. The molecule has 0 spiro atoms. The molecule has 0 aliphatic carbocycles. The van der Waals surface area contributed by atoms with Gasteiger partial charge in [0, 0.05) is 7.11 Å². The first-order chi connectivity index (χ1) is 8.77. The van der Waals surface area contributed by atoms with E-state index in [2.05, 4.69) is 5.32 Å². The largest absolute Gasteiger partial charge is 1.00 e. The minimum absolute atomic E-state index is 0. The molecule has 1 saturated heterocycles. The fourth-order valence-corrected chi connectivity index (χ4v) is 2.52. The molecule has 1 N–H and O–H groups in total. The van der Waals surface area contributed by atoms with Crippen molar-refractivity contribution in [1.29, 1.82) is 5.26 Å². The van der Waals surface area contributed by atoms with Crippen LogP contribution in [0.2, 0.25) is 0 Å². The number of nitriles is 1. The summed E-state index contributed by atoms with van der Waals surface area (Å²) < 4.78 is 36.9. The Labute approximate surface area is 142 Å². The van der Waals surface area contributed by atoms with Crippen LogP contribution in [0.4, 0.5) is 0 Å². The van der Waals surface area contributed by atoms with Crippen LogP contribution in [0.1, 0.15) is 0 Å². The molecule has 0 aromatic heterocycles. The number of methoxy groups -OCH3 is 1. The summed E-state index contributed by atoms with van der Waals surface area (Å²) in [7, 11) is -3.79. The third-order valence-corrected chi connectivity index (χ3v) is 3.93. The average molecular weight is 331 g/mol. The Kier molecular flexibility index (Phi) is 7.47. The van der Waals surface area contributed by atoms with Crippen molar-refractivity contribution in [3.8, 4) is 6.07 Å². The summed E-state index contributed by atoms with van der Waals surface area (Å²) in [6, 6.07) is 1.82. The molecule has 1 rings (SSSR count). The van der Waals surface area contributed by atoms with E-state index in [0.717, 1.165) is 18.9 Å². The molecule has 1 heterocycles. The van der Waals surface area contributed by atoms with E-state index in [9.17, 15) is 22.6 Å². The number of carbonyl (C=O) groups excluding carboxylic acids is 2. The van der Waals surface area contributed by atoms with E-state index in [4.69, 9.17) is 10.00 Å². The van der Waals surface area contributed by atoms with Crippen LogP contribution >= 0.6 is 11.8 Å². The van der Waals surface area contributed by atoms with Gasteiger partial charge in [0.05, 0.1) is 24.1 Å². The van der Waals surface area contributed by atoms with Crippen LogP contribution < -0.4 is 34.9 Å². The van der Waals surface area contributed by atoms with Gasteiger partial charge in [0.2, 0.25) is 11.6 Å². The summed E-state index contributed by atoms with van der Waals surface area (Å²) in [6.45, 7) is -0.567. The molecular formula is C8H10N3NaO6S2. The van der Waals surface area contributed by atoms with Crippen LogP contribution in [0.25, 0.3) is 0 Å². The molecule has 20 heavy (non-hydrogen) atoms. The van der Waals surface area contributed by atoms with Crippen LogP contribution in [-0.2, 0) is 24.6 Å². The number of rotatable bonds is 6. The fraction of sp³-hybridized carbons (Fsp3) is 0.625. The summed E-state index contributed by atoms with van der Waals surface area (Å²) in [5.41, 5.74) is -1.82. The third kappa shape index (κ3) is 4.32. The van der Waals surface area contributed by atoms with Crippen molar-refractivity contribution in [3.05, 3.63) is 0 Å². The number of thioether (sulfide) groups is 1. The molecule has 9 nitrogen and oxygen atoms in total. The van der Waals surface area contributed by atoms with Crippen LogP contribution in [0, 0.1) is 11.3 Å². The molecule has 0 saturated carbocycles. The predicted molar refractivity (Wildman–Crippen MR) is 62.2 cm³/mol. The van der Waals surface area contributed by atoms with Gasteiger partial charge < -0.3 is 14.6 Å². The molecule has 0 aromatic rings. The maximum atomic E-state index is 11.6. The van der Waals surface area contributed by atoms with Gasteiger partial charge in [-0.3, -0.25) is 9.59 Å². The molecule has 1 unspecified atom stereocenters. The van der Waals surface area contributed by atoms with Crippen LogP contribution in [0.3, 0.4) is 0 Å². The monoisotopic (exact) mass is 331 g/mol. The second kappa shape index (κ2) is 7.60. The maximum absolute atomic E-state index is 11.6. The smallest absolute Gasteiger partial charge is 0.731 e. The van der Waals surface area contributed by atoms with Crippen molar-refractivity contribution in [2.75, 3.05) is 25.2 Å². The standard InChI is InChI=1S/C8H11N3O6S2.Na/c1-17-8(10-6(12)4-18-3-2-9)5-11(7(8)13)19(14,15)16;/h3-5H2,1H3,(H,10,12)(H,14,15,16);/q;+1/p-1. The molecule has 0 aromatic carbocycles. The summed E-state index contributed by atoms with van der Waals surface area (Å²) in [5, 5.41) is 10.5. The number of ether oxygens (including phenoxy) is 1. The Bertz CT molecular complexity index is 533. The molecular weight excluding hydrogens is 321 g/mol. The van der Waals surface area contributed by atoms with Gasteiger partial charge >= 0.3 is 29.6 Å². The van der Waals surface area contributed by atoms with Gasteiger partial charge in [-0.25, -0.2) is 12.7 Å². The normalized spacial score (nSPS) is 21.4. The Morgan fingerprint density at radius 2 is 2.30 bits per heavy atom. The SMILES string of the molecule is COC1(NC(=O)CSCC#N)CN(S(=O)(=O)[O-])C1=O.[Na+]. The van der Waals surface area contributed by atoms with Gasteiger partial charge in [-0.2, -0.15) is 5.26 Å². The number of carbonyl (C=O) groups is 2. The van der Waals surface area contributed by atoms with Gasteiger partial charge in [-0.15, -0.1) is 11.8 Å². The maximum Gasteiger partial charge on any atom is 1.00 e. The molecule has 1 aliphatic heterocycles. The van der Waals surface area contributed by atoms with Gasteiger partial charge in [-0.1, -0.05) is 0 Å². The van der Waals surface area contributed by atoms with E-state index in [1.165, 1.54) is 0 Å². The summed E-state index contributed by atoms with van der Waals surface area (Å²) >= 11 is 1.02. The molecule has 106 valence electrons. The Hall–Kier alpha value is -0.350. The van der Waals surface area contributed by atoms with E-state index >= 15 is 0 Å². The van der Waals surface area contributed by atoms with Gasteiger partial charge in [-0.05, 0) is 0 Å². The number of hydrogen-bond donors (Lipinski definition) is 1. The first-order valence-corrected chi connectivity index (χ1v) is 7.37. The number of amides is 2. The van der Waals surface area contributed by atoms with Crippen molar-refractivity contribution in [3.63, 3.8) is 0 Å². The number of β-lactam (4-membered cyclic amide) rings is 1. The summed E-state index contributed by atoms with van der Waals surface area (Å²) in [4.78, 5) is 23.0. The zero-order valence-corrected chi connectivity index (χ0v) is 14.4. The van der Waals surface area contributed by atoms with Crippen LogP contribution in [0.5, 0.6) is 0 Å². The molecule has 0 radical (unpaired) electrons. The van der Waals surface area contributed by atoms with Crippen molar-refractivity contribution in [1.82, 2.24) is 9.62 Å². The Morgan fingerprint density at radius 1 is 1.70 bits per heavy atom. The second-order valence-electron chi connectivity index (χ2n) is 3.50. The minimum Gasteiger partial charge on any atom is -0.731 e. The Morgan fingerprint density at radius 3 is 2.70 bits per heavy atom. The zero-order valence-electron chi connectivity index (χ0n) is 10.8. The van der Waals surface area contributed by atoms with Crippen LogP contribution in [-0.4, -0.2) is 60.0 Å². The number of hydrogen-bond acceptors (Lipinski definition) is 8. The molecule has 1 aliphatic rings. The summed E-state index contributed by atoms with van der Waals surface area (Å²) in [5.74, 6) is -1.72. The third-order valence-electron chi connectivity index (χ3n) is 2.30. The molecule has 2 amide bonds. The van der Waals surface area contributed by atoms with Crippen molar-refractivity contribution in [2.24, 2.45) is 0 Å². The van der Waals surface area contributed by atoms with Crippen molar-refractivity contribution in [2.45, 2.75) is 5.72 Å². The molecule has 12 heteroatoms. The van der Waals surface area contributed by atoms with Crippen molar-refractivity contribution < 1.29 is 56.9 Å². The Balaban J connectivity index is 0.00000361. The quantitative estimate of drug-likeness (QED) is 0.168. The van der Waals surface area contributed by atoms with Crippen molar-refractivity contribution >= 4 is 33.9 Å². The first kappa shape index (κ1) is 19.7. The molecule has 1 atom stereocenters. The number of nitrogens with zero attached hydrogens (tertiary/aromatic N) is 2. The summed E-state index contributed by atoms with van der Waals surface area (Å²) in [6.07, 6.45) is 0. The fourth-order valence-electron chi connectivity index (χ4n) is 1.38. The van der Waals surface area contributed by atoms with E-state index in [0.29, 0.717) is 0 Å². The van der Waals surface area contributed by atoms with Crippen LogP contribution in [0.15, 0.2) is 0 Å². The molecule has 1 fully saturated rings. The van der Waals surface area contributed by atoms with E-state index < -0.39 is 34.4 Å². The van der Waals surface area contributed by atoms with Gasteiger partial charge in [0.25, 0.3) is 5.91 Å². The van der Waals surface area contributed by atoms with E-state index in [-0.39, 0.29) is 45.4 Å². The first-order valence-electron chi connectivity index (χ1n) is 4.85. The van der Waals surface area contributed by atoms with Gasteiger partial charge in [0.15, 0.2) is 10.3 Å². The topological polar surface area (TPSA) is 140 Å². The van der Waals surface area contributed by atoms with Gasteiger partial charge in [0.1, 0.15) is 0 Å². The molecule has 0 bridgehead atoms.